The Balaban J connectivity index is 1.60. The van der Waals surface area contributed by atoms with Crippen LogP contribution >= 0.6 is 0 Å². The van der Waals surface area contributed by atoms with Crippen LogP contribution in [0.3, 0.4) is 0 Å². The van der Waals surface area contributed by atoms with Crippen molar-refractivity contribution in [3.8, 4) is 17.1 Å². The monoisotopic (exact) mass is 332 g/mol. The van der Waals surface area contributed by atoms with E-state index in [1.165, 1.54) is 24.2 Å². The summed E-state index contributed by atoms with van der Waals surface area (Å²) >= 11 is 0. The van der Waals surface area contributed by atoms with Gasteiger partial charge in [-0.2, -0.15) is 0 Å². The van der Waals surface area contributed by atoms with Gasteiger partial charge in [-0.05, 0) is 75.4 Å². The van der Waals surface area contributed by atoms with Crippen molar-refractivity contribution in [2.75, 3.05) is 0 Å². The highest BCUT2D eigenvalue weighted by Crippen LogP contribution is 2.43. The van der Waals surface area contributed by atoms with Gasteiger partial charge in [0.05, 0.1) is 5.69 Å². The summed E-state index contributed by atoms with van der Waals surface area (Å²) in [7, 11) is 0. The van der Waals surface area contributed by atoms with Crippen molar-refractivity contribution < 1.29 is 0 Å². The van der Waals surface area contributed by atoms with Gasteiger partial charge in [-0.15, -0.1) is 0 Å². The molecule has 1 unspecified atom stereocenters. The predicted octanol–water partition coefficient (Wildman–Crippen LogP) is 4.14. The molecule has 0 aliphatic heterocycles. The van der Waals surface area contributed by atoms with Crippen LogP contribution in [-0.4, -0.2) is 14.5 Å². The fourth-order valence-corrected chi connectivity index (χ4v) is 3.50. The molecular weight excluding hydrogens is 308 g/mol. The van der Waals surface area contributed by atoms with Crippen molar-refractivity contribution >= 4 is 0 Å². The van der Waals surface area contributed by atoms with Crippen molar-refractivity contribution in [2.45, 2.75) is 39.2 Å². The lowest BCUT2D eigenvalue weighted by Crippen LogP contribution is -2.35. The molecule has 25 heavy (non-hydrogen) atoms. The van der Waals surface area contributed by atoms with Crippen molar-refractivity contribution in [3.05, 3.63) is 65.7 Å². The molecule has 0 spiro atoms. The molecule has 0 amide bonds. The van der Waals surface area contributed by atoms with E-state index in [2.05, 4.69) is 59.6 Å². The number of hydrogen-bond donors (Lipinski definition) is 1. The van der Waals surface area contributed by atoms with Gasteiger partial charge in [0.2, 0.25) is 0 Å². The molecule has 4 rings (SSSR count). The number of pyridine rings is 2. The van der Waals surface area contributed by atoms with Gasteiger partial charge in [-0.25, -0.2) is 4.98 Å². The molecular formula is C21H24N4. The zero-order valence-corrected chi connectivity index (χ0v) is 15.0. The zero-order chi connectivity index (χ0) is 17.6. The van der Waals surface area contributed by atoms with E-state index in [4.69, 9.17) is 5.73 Å². The molecule has 3 aromatic rings. The Morgan fingerprint density at radius 1 is 0.960 bits per heavy atom. The van der Waals surface area contributed by atoms with Crippen LogP contribution in [0.1, 0.15) is 36.7 Å². The molecule has 1 aliphatic carbocycles. The number of nitrogens with zero attached hydrogens (tertiary/aromatic N) is 3. The van der Waals surface area contributed by atoms with Crippen LogP contribution in [0.25, 0.3) is 17.1 Å². The normalized spacial score (nSPS) is 16.6. The molecule has 0 aromatic carbocycles. The van der Waals surface area contributed by atoms with Crippen LogP contribution in [0.15, 0.2) is 48.8 Å². The SMILES string of the molecule is Cc1ccc(C)n1-c1ccc(-c2ccc(C(C)(N)C3CC3)cn2)cn1. The highest BCUT2D eigenvalue weighted by molar-refractivity contribution is 5.59. The van der Waals surface area contributed by atoms with Crippen LogP contribution < -0.4 is 5.73 Å². The Morgan fingerprint density at radius 3 is 2.20 bits per heavy atom. The zero-order valence-electron chi connectivity index (χ0n) is 15.0. The summed E-state index contributed by atoms with van der Waals surface area (Å²) in [6, 6.07) is 12.5. The summed E-state index contributed by atoms with van der Waals surface area (Å²) in [5, 5.41) is 0. The maximum atomic E-state index is 6.48. The van der Waals surface area contributed by atoms with Gasteiger partial charge < -0.3 is 10.3 Å². The Labute approximate surface area is 148 Å². The van der Waals surface area contributed by atoms with Crippen LogP contribution in [0.4, 0.5) is 0 Å². The van der Waals surface area contributed by atoms with E-state index in [-0.39, 0.29) is 5.54 Å². The Bertz CT molecular complexity index is 865. The third-order valence-electron chi connectivity index (χ3n) is 5.35. The van der Waals surface area contributed by atoms with Crippen LogP contribution in [0, 0.1) is 19.8 Å². The molecule has 1 atom stereocenters. The maximum absolute atomic E-state index is 6.48. The molecule has 128 valence electrons. The number of hydrogen-bond acceptors (Lipinski definition) is 3. The summed E-state index contributed by atoms with van der Waals surface area (Å²) in [5.41, 5.74) is 11.6. The number of nitrogens with two attached hydrogens (primary N) is 1. The van der Waals surface area contributed by atoms with Gasteiger partial charge in [0, 0.05) is 34.9 Å². The van der Waals surface area contributed by atoms with Crippen LogP contribution in [0.2, 0.25) is 0 Å². The lowest BCUT2D eigenvalue weighted by molar-refractivity contribution is 0.426. The maximum Gasteiger partial charge on any atom is 0.137 e. The minimum atomic E-state index is -0.267. The standard InChI is InChI=1S/C21H24N4/c1-14-4-5-15(2)25(14)20-11-6-16(12-24-20)19-10-9-18(13-23-19)21(3,22)17-7-8-17/h4-6,9-13,17H,7-8,22H2,1-3H3. The first-order valence-corrected chi connectivity index (χ1v) is 8.84. The van der Waals surface area contributed by atoms with Crippen molar-refractivity contribution in [1.29, 1.82) is 0 Å². The Kier molecular flexibility index (Phi) is 3.73. The van der Waals surface area contributed by atoms with Gasteiger partial charge in [-0.3, -0.25) is 4.98 Å². The highest BCUT2D eigenvalue weighted by Gasteiger charge is 2.39. The minimum Gasteiger partial charge on any atom is -0.321 e. The molecule has 0 saturated heterocycles. The minimum absolute atomic E-state index is 0.267. The third-order valence-corrected chi connectivity index (χ3v) is 5.35. The molecule has 0 bridgehead atoms. The summed E-state index contributed by atoms with van der Waals surface area (Å²) in [6.07, 6.45) is 6.25. The molecule has 3 aromatic heterocycles. The molecule has 0 radical (unpaired) electrons. The second kappa shape index (κ2) is 5.81. The number of rotatable bonds is 4. The van der Waals surface area contributed by atoms with Gasteiger partial charge in [0.1, 0.15) is 5.82 Å². The first-order chi connectivity index (χ1) is 12.0. The second-order valence-electron chi connectivity index (χ2n) is 7.35. The molecule has 4 heteroatoms. The van der Waals surface area contributed by atoms with E-state index in [0.29, 0.717) is 5.92 Å². The van der Waals surface area contributed by atoms with E-state index >= 15 is 0 Å². The van der Waals surface area contributed by atoms with Crippen LogP contribution in [0.5, 0.6) is 0 Å². The summed E-state index contributed by atoms with van der Waals surface area (Å²) < 4.78 is 2.15. The number of aryl methyl sites for hydroxylation is 2. The Morgan fingerprint density at radius 2 is 1.68 bits per heavy atom. The molecule has 2 N–H and O–H groups in total. The first kappa shape index (κ1) is 16.0. The molecule has 4 nitrogen and oxygen atoms in total. The highest BCUT2D eigenvalue weighted by atomic mass is 15.1. The van der Waals surface area contributed by atoms with Gasteiger partial charge in [0.15, 0.2) is 0 Å². The summed E-state index contributed by atoms with van der Waals surface area (Å²) in [5.74, 6) is 1.53. The third kappa shape index (κ3) is 2.87. The lowest BCUT2D eigenvalue weighted by atomic mass is 9.89. The Hall–Kier alpha value is -2.46. The smallest absolute Gasteiger partial charge is 0.137 e. The summed E-state index contributed by atoms with van der Waals surface area (Å²) in [6.45, 7) is 6.29. The quantitative estimate of drug-likeness (QED) is 0.781. The van der Waals surface area contributed by atoms with E-state index < -0.39 is 0 Å². The van der Waals surface area contributed by atoms with E-state index in [1.54, 1.807) is 0 Å². The van der Waals surface area contributed by atoms with E-state index in [0.717, 1.165) is 22.6 Å². The average molecular weight is 332 g/mol. The van der Waals surface area contributed by atoms with Crippen LogP contribution in [-0.2, 0) is 5.54 Å². The largest absolute Gasteiger partial charge is 0.321 e. The molecule has 3 heterocycles. The topological polar surface area (TPSA) is 56.7 Å². The van der Waals surface area contributed by atoms with E-state index in [9.17, 15) is 0 Å². The van der Waals surface area contributed by atoms with Crippen molar-refractivity contribution in [1.82, 2.24) is 14.5 Å². The van der Waals surface area contributed by atoms with Crippen molar-refractivity contribution in [3.63, 3.8) is 0 Å². The van der Waals surface area contributed by atoms with Gasteiger partial charge in [-0.1, -0.05) is 6.07 Å². The van der Waals surface area contributed by atoms with E-state index in [1.807, 2.05) is 24.5 Å². The average Bonchev–Trinajstić information content (AvgIpc) is 3.42. The predicted molar refractivity (Wildman–Crippen MR) is 101 cm³/mol. The van der Waals surface area contributed by atoms with Gasteiger partial charge in [0.25, 0.3) is 0 Å². The molecule has 1 fully saturated rings. The van der Waals surface area contributed by atoms with Gasteiger partial charge >= 0.3 is 0 Å². The van der Waals surface area contributed by atoms with Crippen molar-refractivity contribution in [2.24, 2.45) is 11.7 Å². The lowest BCUT2D eigenvalue weighted by Gasteiger charge is -2.24. The fourth-order valence-electron chi connectivity index (χ4n) is 3.50. The molecule has 1 aliphatic rings. The molecule has 1 saturated carbocycles. The second-order valence-corrected chi connectivity index (χ2v) is 7.35. The fraction of sp³-hybridized carbons (Fsp3) is 0.333. The number of aromatic nitrogens is 3. The first-order valence-electron chi connectivity index (χ1n) is 8.84. The summed E-state index contributed by atoms with van der Waals surface area (Å²) in [4.78, 5) is 9.25.